The smallest absolute Gasteiger partial charge is 0.351 e. The van der Waals surface area contributed by atoms with Crippen LogP contribution in [0, 0.1) is 15.6 Å². The van der Waals surface area contributed by atoms with Crippen molar-refractivity contribution in [3.8, 4) is 0 Å². The van der Waals surface area contributed by atoms with E-state index in [0.29, 0.717) is 10.8 Å². The lowest BCUT2D eigenvalue weighted by atomic mass is 10.1. The summed E-state index contributed by atoms with van der Waals surface area (Å²) >= 11 is 0. The molecule has 2 rings (SSSR count). The Morgan fingerprint density at radius 3 is 2.81 bits per heavy atom. The highest BCUT2D eigenvalue weighted by atomic mass is 19.1. The molecule has 1 aromatic rings. The van der Waals surface area contributed by atoms with Crippen LogP contribution in [0.3, 0.4) is 0 Å². The Bertz CT molecular complexity index is 609. The van der Waals surface area contributed by atoms with Gasteiger partial charge in [0.2, 0.25) is 0 Å². The van der Waals surface area contributed by atoms with Crippen molar-refractivity contribution >= 4 is 5.82 Å². The molecule has 0 radical (unpaired) electrons. The summed E-state index contributed by atoms with van der Waals surface area (Å²) in [5.74, 6) is -1.81. The van der Waals surface area contributed by atoms with Gasteiger partial charge < -0.3 is 9.84 Å². The van der Waals surface area contributed by atoms with Gasteiger partial charge in [-0.25, -0.2) is 14.7 Å². The minimum absolute atomic E-state index is 0.467. The Hall–Kier alpha value is -2.31. The second kappa shape index (κ2) is 5.99. The van der Waals surface area contributed by atoms with E-state index < -0.39 is 48.3 Å². The maximum absolute atomic E-state index is 13.5. The lowest BCUT2D eigenvalue weighted by molar-refractivity contribution is -0.0375. The summed E-state index contributed by atoms with van der Waals surface area (Å²) in [7, 11) is 0. The number of rotatable bonds is 5. The van der Waals surface area contributed by atoms with Crippen LogP contribution in [-0.4, -0.2) is 44.7 Å². The van der Waals surface area contributed by atoms with Crippen LogP contribution >= 0.6 is 0 Å². The average Bonchev–Trinajstić information content (AvgIpc) is 2.77. The maximum atomic E-state index is 13.5. The van der Waals surface area contributed by atoms with Gasteiger partial charge in [-0.2, -0.15) is 14.8 Å². The van der Waals surface area contributed by atoms with Gasteiger partial charge in [-0.05, 0) is 0 Å². The summed E-state index contributed by atoms with van der Waals surface area (Å²) in [6.45, 7) is -0.467. The normalized spacial score (nSPS) is 28.3. The molecule has 1 aliphatic heterocycles. The zero-order chi connectivity index (χ0) is 15.6. The number of hydrogen-bond acceptors (Lipinski definition) is 10. The van der Waals surface area contributed by atoms with E-state index in [1.54, 1.807) is 0 Å². The molecule has 2 heterocycles. The van der Waals surface area contributed by atoms with E-state index in [0.717, 1.165) is 0 Å². The lowest BCUT2D eigenvalue weighted by Gasteiger charge is -2.17. The molecule has 1 aliphatic rings. The van der Waals surface area contributed by atoms with Gasteiger partial charge in [0.25, 0.3) is 0 Å². The fourth-order valence-corrected chi connectivity index (χ4v) is 2.02. The van der Waals surface area contributed by atoms with Crippen LogP contribution in [0.15, 0.2) is 21.3 Å². The largest absolute Gasteiger partial charge is 0.386 e. The van der Waals surface area contributed by atoms with Crippen LogP contribution in [0.1, 0.15) is 6.23 Å². The lowest BCUT2D eigenvalue weighted by Crippen LogP contribution is -2.35. The summed E-state index contributed by atoms with van der Waals surface area (Å²) in [5.41, 5.74) is 0.332. The summed E-state index contributed by atoms with van der Waals surface area (Å²) in [6.07, 6.45) is -3.55. The first-order chi connectivity index (χ1) is 10.0. The number of aliphatic hydroxyl groups excluding tert-OH is 1. The molecule has 11 nitrogen and oxygen atoms in total. The first-order valence-corrected chi connectivity index (χ1v) is 5.67. The predicted octanol–water partition coefficient (Wildman–Crippen LogP) is -0.657. The number of ether oxygens (including phenoxy) is 1. The molecule has 0 aliphatic carbocycles. The van der Waals surface area contributed by atoms with Gasteiger partial charge in [-0.3, -0.25) is 9.77 Å². The number of halogens is 1. The second-order valence-electron chi connectivity index (χ2n) is 4.20. The third kappa shape index (κ3) is 2.63. The van der Waals surface area contributed by atoms with Crippen molar-refractivity contribution < 1.29 is 19.4 Å². The van der Waals surface area contributed by atoms with Crippen molar-refractivity contribution in [2.75, 3.05) is 12.0 Å². The van der Waals surface area contributed by atoms with E-state index in [2.05, 4.69) is 15.3 Å². The molecule has 0 amide bonds. The molecule has 21 heavy (non-hydrogen) atoms. The summed E-state index contributed by atoms with van der Waals surface area (Å²) in [5, 5.41) is 23.6. The molecule has 4 atom stereocenters. The topological polar surface area (TPSA) is 155 Å². The molecule has 0 saturated carbocycles. The van der Waals surface area contributed by atoms with Gasteiger partial charge in [0.1, 0.15) is 18.8 Å². The molecular formula is C9H10FN5O6. The van der Waals surface area contributed by atoms with E-state index in [1.807, 2.05) is 0 Å². The minimum Gasteiger partial charge on any atom is -0.386 e. The molecule has 0 aromatic carbocycles. The highest BCUT2D eigenvalue weighted by Crippen LogP contribution is 2.31. The Labute approximate surface area is 115 Å². The van der Waals surface area contributed by atoms with Crippen molar-refractivity contribution in [1.82, 2.24) is 9.55 Å². The second-order valence-corrected chi connectivity index (χ2v) is 4.20. The number of hydrogen-bond donors (Lipinski definition) is 3. The monoisotopic (exact) mass is 303 g/mol. The summed E-state index contributed by atoms with van der Waals surface area (Å²) in [4.78, 5) is 35.8. The number of anilines is 1. The maximum Gasteiger partial charge on any atom is 0.351 e. The Morgan fingerprint density at radius 2 is 2.24 bits per heavy atom. The molecule has 1 aromatic heterocycles. The first kappa shape index (κ1) is 15.1. The van der Waals surface area contributed by atoms with E-state index in [-0.39, 0.29) is 0 Å². The van der Waals surface area contributed by atoms with Gasteiger partial charge in [0, 0.05) is 0 Å². The molecule has 1 fully saturated rings. The van der Waals surface area contributed by atoms with E-state index >= 15 is 0 Å². The van der Waals surface area contributed by atoms with Crippen LogP contribution in [0.25, 0.3) is 0 Å². The quantitative estimate of drug-likeness (QED) is 0.478. The molecule has 0 bridgehead atoms. The third-order valence-corrected chi connectivity index (χ3v) is 3.00. The fraction of sp³-hybridized carbons (Fsp3) is 0.556. The number of aromatic nitrogens is 2. The van der Waals surface area contributed by atoms with E-state index in [4.69, 9.17) is 9.94 Å². The average molecular weight is 303 g/mol. The Kier molecular flexibility index (Phi) is 4.30. The van der Waals surface area contributed by atoms with Gasteiger partial charge in [-0.15, -0.1) is 0 Å². The number of nitrogens with one attached hydrogen (secondary N) is 1. The van der Waals surface area contributed by atoms with Crippen LogP contribution in [0.5, 0.6) is 0 Å². The fourth-order valence-electron chi connectivity index (χ4n) is 2.02. The molecule has 3 N–H and O–H groups in total. The minimum atomic E-state index is -1.58. The van der Waals surface area contributed by atoms with Crippen LogP contribution in [0.2, 0.25) is 0 Å². The highest BCUT2D eigenvalue weighted by Gasteiger charge is 2.46. The number of aliphatic hydroxyl groups is 1. The molecule has 114 valence electrons. The third-order valence-electron chi connectivity index (χ3n) is 3.00. The summed E-state index contributed by atoms with van der Waals surface area (Å²) in [6, 6.07) is -1.33. The van der Waals surface area contributed by atoms with Crippen LogP contribution in [0.4, 0.5) is 10.2 Å². The van der Waals surface area contributed by atoms with Crippen molar-refractivity contribution in [3.05, 3.63) is 32.3 Å². The Morgan fingerprint density at radius 1 is 1.52 bits per heavy atom. The van der Waals surface area contributed by atoms with Gasteiger partial charge in [0.05, 0.1) is 6.20 Å². The molecule has 0 spiro atoms. The first-order valence-electron chi connectivity index (χ1n) is 5.67. The zero-order valence-electron chi connectivity index (χ0n) is 10.3. The van der Waals surface area contributed by atoms with Crippen molar-refractivity contribution in [3.63, 3.8) is 0 Å². The van der Waals surface area contributed by atoms with Gasteiger partial charge in [-0.1, -0.05) is 10.4 Å². The Balaban J connectivity index is 2.38. The van der Waals surface area contributed by atoms with Crippen molar-refractivity contribution in [1.29, 1.82) is 0 Å². The van der Waals surface area contributed by atoms with Gasteiger partial charge in [0.15, 0.2) is 23.9 Å². The highest BCUT2D eigenvalue weighted by molar-refractivity contribution is 5.30. The summed E-state index contributed by atoms with van der Waals surface area (Å²) < 4.78 is 19.2. The predicted molar refractivity (Wildman–Crippen MR) is 64.0 cm³/mol. The van der Waals surface area contributed by atoms with E-state index in [1.165, 1.54) is 5.48 Å². The van der Waals surface area contributed by atoms with Crippen LogP contribution < -0.4 is 11.2 Å². The van der Waals surface area contributed by atoms with Crippen LogP contribution in [-0.2, 0) is 4.74 Å². The number of nitroso groups, excluding NO2 is 2. The molecule has 12 heteroatoms. The number of nitrogens with zero attached hydrogens (tertiary/aromatic N) is 4. The molecule has 1 saturated heterocycles. The van der Waals surface area contributed by atoms with Gasteiger partial charge >= 0.3 is 5.69 Å². The van der Waals surface area contributed by atoms with E-state index in [9.17, 15) is 24.1 Å². The zero-order valence-corrected chi connectivity index (χ0v) is 10.3. The standard InChI is InChI=1S/C9H10FN5O6/c10-3-2-15(9(17)12-7(3)14-20)8-6(16)5(13-19)4(21-8)1-11-18/h2,4-6,8,16,20H,1H2,(H,12,14,17). The molecular weight excluding hydrogens is 293 g/mol. The SMILES string of the molecule is O=NCC1OC(n2cc(F)c(NO)nc2=O)C(O)C1N=O. The van der Waals surface area contributed by atoms with Crippen molar-refractivity contribution in [2.24, 2.45) is 10.4 Å². The molecule has 4 unspecified atom stereocenters. The van der Waals surface area contributed by atoms with Crippen molar-refractivity contribution in [2.45, 2.75) is 24.5 Å².